The van der Waals surface area contributed by atoms with Crippen molar-refractivity contribution in [1.29, 1.82) is 0 Å². The molecule has 2 heterocycles. The van der Waals surface area contributed by atoms with E-state index in [4.69, 9.17) is 9.47 Å². The van der Waals surface area contributed by atoms with E-state index >= 15 is 0 Å². The maximum atomic E-state index is 11.8. The normalized spacial score (nSPS) is 26.2. The van der Waals surface area contributed by atoms with Crippen LogP contribution in [0, 0.1) is 11.8 Å². The van der Waals surface area contributed by atoms with E-state index in [0.29, 0.717) is 23.1 Å². The SMILES string of the molecule is CCc1ccc(CN2C[C@H]3C[C@@H](Oc4cccc(C(=O)OC)c4)[C@H](O)C[C@H]3C2)nc1. The highest BCUT2D eigenvalue weighted by atomic mass is 16.5. The second kappa shape index (κ2) is 9.14. The van der Waals surface area contributed by atoms with Gasteiger partial charge in [-0.25, -0.2) is 4.79 Å². The maximum Gasteiger partial charge on any atom is 0.337 e. The number of aryl methyl sites for hydroxylation is 1. The smallest absolute Gasteiger partial charge is 0.337 e. The molecule has 6 heteroatoms. The average Bonchev–Trinajstić information content (AvgIpc) is 3.15. The van der Waals surface area contributed by atoms with E-state index < -0.39 is 12.1 Å². The molecule has 1 saturated carbocycles. The summed E-state index contributed by atoms with van der Waals surface area (Å²) < 4.78 is 10.9. The molecule has 0 amide bonds. The number of likely N-dealkylation sites (tertiary alicyclic amines) is 1. The first-order valence-corrected chi connectivity index (χ1v) is 10.7. The summed E-state index contributed by atoms with van der Waals surface area (Å²) in [4.78, 5) is 18.8. The average molecular weight is 411 g/mol. The van der Waals surface area contributed by atoms with Crippen molar-refractivity contribution in [3.63, 3.8) is 0 Å². The Bertz CT molecular complexity index is 870. The third-order valence-corrected chi connectivity index (χ3v) is 6.38. The Morgan fingerprint density at radius 3 is 2.70 bits per heavy atom. The minimum absolute atomic E-state index is 0.263. The van der Waals surface area contributed by atoms with Gasteiger partial charge < -0.3 is 14.6 Å². The number of pyridine rings is 1. The van der Waals surface area contributed by atoms with Gasteiger partial charge >= 0.3 is 5.97 Å². The molecule has 1 N–H and O–H groups in total. The first-order valence-electron chi connectivity index (χ1n) is 10.7. The summed E-state index contributed by atoms with van der Waals surface area (Å²) in [5, 5.41) is 10.7. The number of fused-ring (bicyclic) bond motifs is 1. The van der Waals surface area contributed by atoms with E-state index in [0.717, 1.165) is 44.6 Å². The van der Waals surface area contributed by atoms with Crippen molar-refractivity contribution in [2.75, 3.05) is 20.2 Å². The molecule has 2 aromatic rings. The summed E-state index contributed by atoms with van der Waals surface area (Å²) in [5.41, 5.74) is 2.80. The maximum absolute atomic E-state index is 11.8. The van der Waals surface area contributed by atoms with Crippen molar-refractivity contribution in [3.05, 3.63) is 59.4 Å². The van der Waals surface area contributed by atoms with Gasteiger partial charge in [0.15, 0.2) is 0 Å². The molecule has 1 aliphatic carbocycles. The van der Waals surface area contributed by atoms with Gasteiger partial charge in [-0.1, -0.05) is 19.1 Å². The van der Waals surface area contributed by atoms with Gasteiger partial charge in [0.05, 0.1) is 24.5 Å². The first-order chi connectivity index (χ1) is 14.6. The van der Waals surface area contributed by atoms with Gasteiger partial charge in [-0.2, -0.15) is 0 Å². The number of carbonyl (C=O) groups is 1. The minimum atomic E-state index is -0.505. The van der Waals surface area contributed by atoms with E-state index in [1.165, 1.54) is 12.7 Å². The molecular weight excluding hydrogens is 380 g/mol. The standard InChI is InChI=1S/C24H30N2O4/c1-3-16-7-8-20(25-12-16)15-26-13-18-10-22(27)23(11-19(18)14-26)30-21-6-4-5-17(9-21)24(28)29-2/h4-9,12,18-19,22-23,27H,3,10-11,13-15H2,1-2H3/t18-,19+,22+,23+/m0/s1. The molecule has 4 rings (SSSR count). The van der Waals surface area contributed by atoms with Crippen LogP contribution in [0.2, 0.25) is 0 Å². The van der Waals surface area contributed by atoms with E-state index in [-0.39, 0.29) is 6.10 Å². The van der Waals surface area contributed by atoms with Gasteiger partial charge in [-0.05, 0) is 60.9 Å². The lowest BCUT2D eigenvalue weighted by atomic mass is 9.78. The second-order valence-corrected chi connectivity index (χ2v) is 8.44. The number of hydrogen-bond donors (Lipinski definition) is 1. The number of rotatable bonds is 6. The fourth-order valence-electron chi connectivity index (χ4n) is 4.72. The lowest BCUT2D eigenvalue weighted by Crippen LogP contribution is -2.42. The Kier molecular flexibility index (Phi) is 6.35. The lowest BCUT2D eigenvalue weighted by molar-refractivity contribution is -0.0231. The zero-order valence-corrected chi connectivity index (χ0v) is 17.7. The largest absolute Gasteiger partial charge is 0.488 e. The molecule has 2 fully saturated rings. The second-order valence-electron chi connectivity index (χ2n) is 8.44. The highest BCUT2D eigenvalue weighted by Gasteiger charge is 2.42. The number of benzene rings is 1. The lowest BCUT2D eigenvalue weighted by Gasteiger charge is -2.35. The summed E-state index contributed by atoms with van der Waals surface area (Å²) >= 11 is 0. The highest BCUT2D eigenvalue weighted by molar-refractivity contribution is 5.89. The third kappa shape index (κ3) is 4.65. The van der Waals surface area contributed by atoms with Gasteiger partial charge in [0, 0.05) is 25.8 Å². The Morgan fingerprint density at radius 2 is 2.00 bits per heavy atom. The number of aromatic nitrogens is 1. The van der Waals surface area contributed by atoms with E-state index in [1.54, 1.807) is 18.2 Å². The third-order valence-electron chi connectivity index (χ3n) is 6.38. The molecule has 0 bridgehead atoms. The van der Waals surface area contributed by atoms with Crippen LogP contribution in [0.5, 0.6) is 5.75 Å². The number of aliphatic hydroxyl groups excluding tert-OH is 1. The number of carbonyl (C=O) groups excluding carboxylic acids is 1. The predicted molar refractivity (Wildman–Crippen MR) is 113 cm³/mol. The minimum Gasteiger partial charge on any atom is -0.488 e. The van der Waals surface area contributed by atoms with Gasteiger partial charge in [-0.3, -0.25) is 9.88 Å². The molecule has 160 valence electrons. The number of esters is 1. The summed E-state index contributed by atoms with van der Waals surface area (Å²) in [5.74, 6) is 1.18. The Hall–Kier alpha value is -2.44. The zero-order valence-electron chi connectivity index (χ0n) is 17.7. The van der Waals surface area contributed by atoms with Crippen LogP contribution in [0.15, 0.2) is 42.6 Å². The highest BCUT2D eigenvalue weighted by Crippen LogP contribution is 2.38. The molecule has 0 spiro atoms. The number of nitrogens with zero attached hydrogens (tertiary/aromatic N) is 2. The number of hydrogen-bond acceptors (Lipinski definition) is 6. The molecule has 1 aromatic heterocycles. The van der Waals surface area contributed by atoms with E-state index in [2.05, 4.69) is 28.9 Å². The van der Waals surface area contributed by atoms with Crippen molar-refractivity contribution in [2.45, 2.75) is 44.9 Å². The van der Waals surface area contributed by atoms with Crippen LogP contribution in [0.1, 0.15) is 41.4 Å². The van der Waals surface area contributed by atoms with E-state index in [1.807, 2.05) is 12.3 Å². The Balaban J connectivity index is 1.36. The Labute approximate surface area is 177 Å². The van der Waals surface area contributed by atoms with Crippen molar-refractivity contribution in [2.24, 2.45) is 11.8 Å². The molecular formula is C24H30N2O4. The summed E-state index contributed by atoms with van der Waals surface area (Å²) in [7, 11) is 1.36. The molecule has 6 nitrogen and oxygen atoms in total. The van der Waals surface area contributed by atoms with Crippen LogP contribution in [-0.4, -0.2) is 53.4 Å². The number of ether oxygens (including phenoxy) is 2. The topological polar surface area (TPSA) is 71.9 Å². The fraction of sp³-hybridized carbons (Fsp3) is 0.500. The molecule has 0 unspecified atom stereocenters. The fourth-order valence-corrected chi connectivity index (χ4v) is 4.72. The summed E-state index contributed by atoms with van der Waals surface area (Å²) in [6.07, 6.45) is 3.76. The molecule has 1 aromatic carbocycles. The van der Waals surface area contributed by atoms with Crippen molar-refractivity contribution in [1.82, 2.24) is 9.88 Å². The predicted octanol–water partition coefficient (Wildman–Crippen LogP) is 3.08. The summed E-state index contributed by atoms with van der Waals surface area (Å²) in [6.45, 7) is 4.97. The van der Waals surface area contributed by atoms with Crippen LogP contribution in [0.4, 0.5) is 0 Å². The molecule has 30 heavy (non-hydrogen) atoms. The van der Waals surface area contributed by atoms with Crippen LogP contribution >= 0.6 is 0 Å². The molecule has 4 atom stereocenters. The molecule has 1 aliphatic heterocycles. The van der Waals surface area contributed by atoms with Crippen molar-refractivity contribution < 1.29 is 19.4 Å². The number of aliphatic hydroxyl groups is 1. The molecule has 1 saturated heterocycles. The monoisotopic (exact) mass is 410 g/mol. The van der Waals surface area contributed by atoms with Crippen LogP contribution in [0.3, 0.4) is 0 Å². The zero-order chi connectivity index (χ0) is 21.1. The van der Waals surface area contributed by atoms with Crippen molar-refractivity contribution >= 4 is 5.97 Å². The van der Waals surface area contributed by atoms with Crippen molar-refractivity contribution in [3.8, 4) is 5.75 Å². The van der Waals surface area contributed by atoms with Gasteiger partial charge in [0.1, 0.15) is 11.9 Å². The quantitative estimate of drug-likeness (QED) is 0.738. The first kappa shape index (κ1) is 20.8. The van der Waals surface area contributed by atoms with Gasteiger partial charge in [0.2, 0.25) is 0 Å². The van der Waals surface area contributed by atoms with E-state index in [9.17, 15) is 9.90 Å². The van der Waals surface area contributed by atoms with Gasteiger partial charge in [0.25, 0.3) is 0 Å². The van der Waals surface area contributed by atoms with Crippen LogP contribution in [-0.2, 0) is 17.7 Å². The van der Waals surface area contributed by atoms with Crippen LogP contribution < -0.4 is 4.74 Å². The van der Waals surface area contributed by atoms with Crippen LogP contribution in [0.25, 0.3) is 0 Å². The Morgan fingerprint density at radius 1 is 1.20 bits per heavy atom. The molecule has 0 radical (unpaired) electrons. The number of methoxy groups -OCH3 is 1. The molecule has 2 aliphatic rings. The summed E-state index contributed by atoms with van der Waals surface area (Å²) in [6, 6.07) is 11.2. The van der Waals surface area contributed by atoms with Gasteiger partial charge in [-0.15, -0.1) is 0 Å².